The maximum Gasteiger partial charge on any atom is 0.305 e. The van der Waals surface area contributed by atoms with Crippen LogP contribution in [0.5, 0.6) is 0 Å². The smallest absolute Gasteiger partial charge is 0.305 e. The van der Waals surface area contributed by atoms with E-state index < -0.39 is 221 Å². The molecule has 0 amide bonds. The van der Waals surface area contributed by atoms with Crippen molar-refractivity contribution in [1.82, 2.24) is 0 Å². The van der Waals surface area contributed by atoms with Crippen LogP contribution in [0.4, 0.5) is 0 Å². The molecule has 1 unspecified atom stereocenters. The van der Waals surface area contributed by atoms with E-state index in [1.165, 1.54) is 0 Å². The number of rotatable bonds is 22. The monoisotopic (exact) mass is 1180 g/mol. The number of hydrogen-bond acceptors (Lipinski definition) is 33. The van der Waals surface area contributed by atoms with Crippen LogP contribution >= 0.6 is 0 Å². The van der Waals surface area contributed by atoms with Crippen molar-refractivity contribution in [3.05, 3.63) is 0 Å². The van der Waals surface area contributed by atoms with Gasteiger partial charge in [-0.1, -0.05) is 0 Å². The first-order valence-corrected chi connectivity index (χ1v) is 25.0. The Morgan fingerprint density at radius 3 is 0.951 bits per heavy atom. The van der Waals surface area contributed by atoms with E-state index in [0.717, 1.165) is 90.0 Å². The van der Waals surface area contributed by atoms with Crippen molar-refractivity contribution in [2.24, 2.45) is 0 Å². The fourth-order valence-electron chi connectivity index (χ4n) is 8.82. The first kappa shape index (κ1) is 67.3. The first-order chi connectivity index (χ1) is 38.3. The predicted octanol–water partition coefficient (Wildman–Crippen LogP) is -1.69. The number of ether oxygens (including phenoxy) is 20. The zero-order valence-corrected chi connectivity index (χ0v) is 46.8. The topological polar surface area (TPSA) is 407 Å². The summed E-state index contributed by atoms with van der Waals surface area (Å²) in [5.74, 6) is -13.4. The second-order valence-corrected chi connectivity index (χ2v) is 18.4. The van der Waals surface area contributed by atoms with Crippen molar-refractivity contribution in [2.75, 3.05) is 26.4 Å². The Morgan fingerprint density at radius 2 is 0.549 bits per heavy atom. The van der Waals surface area contributed by atoms with Crippen LogP contribution in [0.1, 0.15) is 90.0 Å². The second kappa shape index (κ2) is 30.8. The minimum atomic E-state index is -2.33. The molecule has 19 atom stereocenters. The van der Waals surface area contributed by atoms with Crippen LogP contribution < -0.4 is 0 Å². The molecule has 460 valence electrons. The van der Waals surface area contributed by atoms with E-state index >= 15 is 0 Å². The maximum absolute atomic E-state index is 13.3. The average molecular weight is 1180 g/mol. The highest BCUT2D eigenvalue weighted by Gasteiger charge is 2.61. The summed E-state index contributed by atoms with van der Waals surface area (Å²) >= 11 is 0. The Balaban J connectivity index is 2.16. The van der Waals surface area contributed by atoms with Gasteiger partial charge in [0.2, 0.25) is 12.4 Å². The minimum Gasteiger partial charge on any atom is -0.463 e. The number of carbonyl (C=O) groups is 13. The molecule has 82 heavy (non-hydrogen) atoms. The van der Waals surface area contributed by atoms with Crippen molar-refractivity contribution >= 4 is 77.6 Å². The molecule has 33 heteroatoms. The summed E-state index contributed by atoms with van der Waals surface area (Å²) in [7, 11) is 0. The van der Waals surface area contributed by atoms with Crippen LogP contribution in [0.2, 0.25) is 0 Å². The third-order valence-corrected chi connectivity index (χ3v) is 11.4. The molecule has 4 saturated heterocycles. The molecule has 0 saturated carbocycles. The molecule has 4 fully saturated rings. The van der Waals surface area contributed by atoms with Crippen molar-refractivity contribution in [3.63, 3.8) is 0 Å². The SMILES string of the molecule is CC(=O)OC[C@H]1OC(OC(C)=O)[C@H](OC(C)=O)[C@@H](OC(C)=O)[C@H]1O[C@@H]1O[C@H](COC(C)=O)[C@@H](OC(C)=O)[C@H](O[C@@H]2OC[C@@H](OC(C)=O)[C@H](OC(C)=O)[C@H]2OC(C)=O)[C@H]1O[C@@H]1O[C@H](COC(C)=O)[C@@H](OC(C)=O)[C@H](OC(C)=O)[C@H]1OC(C)=O. The Labute approximate surface area is 467 Å². The lowest BCUT2D eigenvalue weighted by atomic mass is 9.95. The van der Waals surface area contributed by atoms with E-state index in [4.69, 9.17) is 94.7 Å². The lowest BCUT2D eigenvalue weighted by Gasteiger charge is -2.51. The van der Waals surface area contributed by atoms with Gasteiger partial charge in [-0.3, -0.25) is 62.3 Å². The minimum absolute atomic E-state index is 0.703. The summed E-state index contributed by atoms with van der Waals surface area (Å²) in [5.41, 5.74) is 0. The van der Waals surface area contributed by atoms with E-state index in [2.05, 4.69) is 0 Å². The largest absolute Gasteiger partial charge is 0.463 e. The summed E-state index contributed by atoms with van der Waals surface area (Å²) in [6, 6.07) is 0. The Kier molecular flexibility index (Phi) is 25.3. The molecule has 0 aromatic carbocycles. The van der Waals surface area contributed by atoms with Crippen LogP contribution in [0.25, 0.3) is 0 Å². The lowest BCUT2D eigenvalue weighted by Crippen LogP contribution is -2.70. The lowest BCUT2D eigenvalue weighted by molar-refractivity contribution is -0.402. The van der Waals surface area contributed by atoms with E-state index in [1.807, 2.05) is 0 Å². The molecule has 0 bridgehead atoms. The molecular weight excluding hydrogens is 1120 g/mol. The van der Waals surface area contributed by atoms with Gasteiger partial charge in [0.25, 0.3) is 0 Å². The Hall–Kier alpha value is -7.17. The highest BCUT2D eigenvalue weighted by Crippen LogP contribution is 2.40. The molecule has 33 nitrogen and oxygen atoms in total. The van der Waals surface area contributed by atoms with E-state index in [1.54, 1.807) is 0 Å². The zero-order chi connectivity index (χ0) is 61.4. The average Bonchev–Trinajstić information content (AvgIpc) is 3.28. The zero-order valence-electron chi connectivity index (χ0n) is 46.8. The summed E-state index contributed by atoms with van der Waals surface area (Å²) < 4.78 is 116. The van der Waals surface area contributed by atoms with Gasteiger partial charge in [0.05, 0.1) is 6.61 Å². The summed E-state index contributed by atoms with van der Waals surface area (Å²) in [6.45, 7) is 9.05. The number of hydrogen-bond donors (Lipinski definition) is 0. The van der Waals surface area contributed by atoms with Gasteiger partial charge in [0, 0.05) is 90.0 Å². The summed E-state index contributed by atoms with van der Waals surface area (Å²) in [5, 5.41) is 0. The summed E-state index contributed by atoms with van der Waals surface area (Å²) in [6.07, 6.45) is -37.4. The van der Waals surface area contributed by atoms with Crippen LogP contribution in [0.3, 0.4) is 0 Å². The standard InChI is InChI=1S/C49H66O33/c1-18(50)63-14-32-35(68-22(5)54)39(71-25(8)57)44(75-29(12)61)48(78-32)82-45-41(81-46-42(73-27(10)59)38(70-24(7)56)31(17-66-46)67-21(4)53)36(69-23(6)55)33(15-64-19(2)51)79-49(45)80-37-34(16-65-20(3)52)77-47(76-30(13)62)43(74-28(11)60)40(37)72-26(9)58/h31-49H,14-17H2,1-13H3/t31-,32-,33-,34-,35-,36-,37+,38+,39+,40+,41+,42-,43-,44-,45-,46+,47?,48+,49+/m1/s1. The maximum atomic E-state index is 13.3. The van der Waals surface area contributed by atoms with E-state index in [9.17, 15) is 62.3 Å². The van der Waals surface area contributed by atoms with Gasteiger partial charge >= 0.3 is 77.6 Å². The number of carbonyl (C=O) groups excluding carboxylic acids is 13. The number of esters is 13. The van der Waals surface area contributed by atoms with E-state index in [0.29, 0.717) is 0 Å². The summed E-state index contributed by atoms with van der Waals surface area (Å²) in [4.78, 5) is 166. The highest BCUT2D eigenvalue weighted by molar-refractivity contribution is 5.71. The van der Waals surface area contributed by atoms with Gasteiger partial charge in [0.1, 0.15) is 56.4 Å². The molecule has 0 aromatic heterocycles. The normalized spacial score (nSPS) is 32.3. The molecule has 4 rings (SSSR count). The third kappa shape index (κ3) is 20.1. The van der Waals surface area contributed by atoms with Crippen LogP contribution in [-0.4, -0.2) is 221 Å². The van der Waals surface area contributed by atoms with Crippen LogP contribution in [0.15, 0.2) is 0 Å². The Bertz CT molecular complexity index is 2350. The molecule has 0 N–H and O–H groups in total. The third-order valence-electron chi connectivity index (χ3n) is 11.4. The second-order valence-electron chi connectivity index (χ2n) is 18.4. The molecule has 4 aliphatic heterocycles. The first-order valence-electron chi connectivity index (χ1n) is 25.0. The van der Waals surface area contributed by atoms with Gasteiger partial charge < -0.3 is 94.7 Å². The predicted molar refractivity (Wildman–Crippen MR) is 252 cm³/mol. The van der Waals surface area contributed by atoms with Gasteiger partial charge in [-0.15, -0.1) is 0 Å². The van der Waals surface area contributed by atoms with Crippen molar-refractivity contribution in [1.29, 1.82) is 0 Å². The van der Waals surface area contributed by atoms with Crippen LogP contribution in [-0.2, 0) is 157 Å². The van der Waals surface area contributed by atoms with E-state index in [-0.39, 0.29) is 0 Å². The molecule has 0 spiro atoms. The van der Waals surface area contributed by atoms with Crippen LogP contribution in [0, 0.1) is 0 Å². The van der Waals surface area contributed by atoms with Gasteiger partial charge in [-0.05, 0) is 0 Å². The fourth-order valence-corrected chi connectivity index (χ4v) is 8.82. The molecular formula is C49H66O33. The molecule has 0 aromatic rings. The van der Waals surface area contributed by atoms with Crippen molar-refractivity contribution < 1.29 is 157 Å². The Morgan fingerprint density at radius 1 is 0.268 bits per heavy atom. The molecule has 0 radical (unpaired) electrons. The van der Waals surface area contributed by atoms with Crippen molar-refractivity contribution in [3.8, 4) is 0 Å². The van der Waals surface area contributed by atoms with Gasteiger partial charge in [0.15, 0.2) is 67.7 Å². The quantitative estimate of drug-likeness (QED) is 0.0862. The molecule has 4 aliphatic rings. The molecule has 0 aliphatic carbocycles. The van der Waals surface area contributed by atoms with Gasteiger partial charge in [-0.25, -0.2) is 0 Å². The highest BCUT2D eigenvalue weighted by atomic mass is 16.8. The van der Waals surface area contributed by atoms with Crippen molar-refractivity contribution in [2.45, 2.75) is 207 Å². The molecule has 4 heterocycles. The van der Waals surface area contributed by atoms with Gasteiger partial charge in [-0.2, -0.15) is 0 Å². The fraction of sp³-hybridized carbons (Fsp3) is 0.735.